The van der Waals surface area contributed by atoms with Crippen LogP contribution >= 0.6 is 0 Å². The predicted molar refractivity (Wildman–Crippen MR) is 172 cm³/mol. The zero-order chi connectivity index (χ0) is 29.1. The van der Waals surface area contributed by atoms with Gasteiger partial charge in [-0.1, -0.05) is 72.8 Å². The summed E-state index contributed by atoms with van der Waals surface area (Å²) in [7, 11) is -0.440. The molecule has 0 bridgehead atoms. The van der Waals surface area contributed by atoms with Crippen LogP contribution < -0.4 is 10.9 Å². The van der Waals surface area contributed by atoms with E-state index < -0.39 is 18.3 Å². The van der Waals surface area contributed by atoms with Crippen LogP contribution in [0.5, 0.6) is 0 Å². The van der Waals surface area contributed by atoms with Crippen LogP contribution in [-0.2, 0) is 9.31 Å². The fourth-order valence-electron chi connectivity index (χ4n) is 5.58. The summed E-state index contributed by atoms with van der Waals surface area (Å²) in [5, 5.41) is 1.17. The van der Waals surface area contributed by atoms with Gasteiger partial charge in [0.25, 0.3) is 0 Å². The Balaban J connectivity index is 1.36. The van der Waals surface area contributed by atoms with Gasteiger partial charge in [0.1, 0.15) is 11.2 Å². The summed E-state index contributed by atoms with van der Waals surface area (Å²) in [6, 6.07) is 38.6. The quantitative estimate of drug-likeness (QED) is 0.164. The molecule has 0 saturated carbocycles. The van der Waals surface area contributed by atoms with Crippen LogP contribution in [0.15, 0.2) is 124 Å². The fraction of sp³-hybridized carbons (Fsp3) is 0.162. The van der Waals surface area contributed by atoms with Crippen LogP contribution in [0, 0.1) is 0 Å². The molecule has 6 aromatic rings. The Kier molecular flexibility index (Phi) is 6.19. The average molecular weight is 550 g/mol. The molecule has 0 unspecified atom stereocenters. The largest absolute Gasteiger partial charge is 0.494 e. The molecule has 206 valence electrons. The van der Waals surface area contributed by atoms with E-state index in [9.17, 15) is 4.79 Å². The lowest BCUT2D eigenvalue weighted by Crippen LogP contribution is -2.41. The monoisotopic (exact) mass is 550 g/mol. The number of para-hydroxylation sites is 1. The minimum Gasteiger partial charge on any atom is -0.456 e. The first-order valence-corrected chi connectivity index (χ1v) is 14.3. The van der Waals surface area contributed by atoms with Gasteiger partial charge in [-0.3, -0.25) is 4.79 Å². The standard InChI is InChI=1S/C37H31BO4/c1-36(2)37(3,4)42-38(41-36)30-14-10-13-25(22-30)28-19-27(24-11-6-5-7-12-24)20-29(21-28)26-17-18-32-34(23-26)40-33-16-9-8-15-31(33)35(32)39/h5-23H,1-4H3. The van der Waals surface area contributed by atoms with Crippen LogP contribution in [0.1, 0.15) is 27.7 Å². The molecule has 5 aromatic carbocycles. The second-order valence-electron chi connectivity index (χ2n) is 12.0. The van der Waals surface area contributed by atoms with Crippen molar-refractivity contribution >= 4 is 34.5 Å². The molecule has 7 rings (SSSR count). The SMILES string of the molecule is CC1(C)OB(c2cccc(-c3cc(-c4ccccc4)cc(-c4ccc5c(=O)c6ccccc6oc5c4)c3)c2)OC1(C)C. The summed E-state index contributed by atoms with van der Waals surface area (Å²) in [4.78, 5) is 13.2. The Bertz CT molecular complexity index is 2010. The molecule has 5 heteroatoms. The minimum atomic E-state index is -0.440. The lowest BCUT2D eigenvalue weighted by molar-refractivity contribution is 0.00578. The number of fused-ring (bicyclic) bond motifs is 2. The van der Waals surface area contributed by atoms with Gasteiger partial charge in [0.15, 0.2) is 0 Å². The van der Waals surface area contributed by atoms with Crippen molar-refractivity contribution in [2.75, 3.05) is 0 Å². The second kappa shape index (κ2) is 9.83. The highest BCUT2D eigenvalue weighted by molar-refractivity contribution is 6.62. The molecule has 1 aliphatic rings. The van der Waals surface area contributed by atoms with E-state index in [4.69, 9.17) is 13.7 Å². The van der Waals surface area contributed by atoms with E-state index in [1.54, 1.807) is 0 Å². The Hall–Kier alpha value is -4.45. The summed E-state index contributed by atoms with van der Waals surface area (Å²) < 4.78 is 18.9. The maximum Gasteiger partial charge on any atom is 0.494 e. The van der Waals surface area contributed by atoms with E-state index in [0.29, 0.717) is 21.9 Å². The third-order valence-electron chi connectivity index (χ3n) is 8.70. The van der Waals surface area contributed by atoms with Gasteiger partial charge in [0.2, 0.25) is 5.43 Å². The van der Waals surface area contributed by atoms with Gasteiger partial charge >= 0.3 is 7.12 Å². The Morgan fingerprint density at radius 2 is 1.07 bits per heavy atom. The summed E-state index contributed by atoms with van der Waals surface area (Å²) in [6.45, 7) is 8.28. The van der Waals surface area contributed by atoms with Gasteiger partial charge in [0.05, 0.1) is 22.0 Å². The van der Waals surface area contributed by atoms with Gasteiger partial charge in [-0.15, -0.1) is 0 Å². The van der Waals surface area contributed by atoms with Crippen molar-refractivity contribution in [3.05, 3.63) is 125 Å². The smallest absolute Gasteiger partial charge is 0.456 e. The third-order valence-corrected chi connectivity index (χ3v) is 8.70. The Morgan fingerprint density at radius 3 is 1.79 bits per heavy atom. The number of benzene rings is 5. The zero-order valence-corrected chi connectivity index (χ0v) is 24.2. The molecule has 1 aliphatic heterocycles. The van der Waals surface area contributed by atoms with Gasteiger partial charge in [0, 0.05) is 0 Å². The maximum absolute atomic E-state index is 13.2. The molecule has 0 aliphatic carbocycles. The summed E-state index contributed by atoms with van der Waals surface area (Å²) in [6.07, 6.45) is 0. The van der Waals surface area contributed by atoms with Crippen molar-refractivity contribution in [1.82, 2.24) is 0 Å². The first-order chi connectivity index (χ1) is 20.2. The normalized spacial score (nSPS) is 15.9. The van der Waals surface area contributed by atoms with Crippen LogP contribution in [-0.4, -0.2) is 18.3 Å². The molecule has 0 spiro atoms. The molecule has 0 atom stereocenters. The van der Waals surface area contributed by atoms with Gasteiger partial charge in [-0.2, -0.15) is 0 Å². The second-order valence-corrected chi connectivity index (χ2v) is 12.0. The Morgan fingerprint density at radius 1 is 0.500 bits per heavy atom. The molecule has 0 radical (unpaired) electrons. The average Bonchev–Trinajstić information content (AvgIpc) is 3.23. The van der Waals surface area contributed by atoms with Crippen LogP contribution in [0.25, 0.3) is 55.3 Å². The van der Waals surface area contributed by atoms with Crippen molar-refractivity contribution < 1.29 is 13.7 Å². The van der Waals surface area contributed by atoms with Crippen LogP contribution in [0.4, 0.5) is 0 Å². The van der Waals surface area contributed by atoms with E-state index in [1.165, 1.54) is 0 Å². The Labute approximate surface area is 245 Å². The number of hydrogen-bond donors (Lipinski definition) is 0. The first-order valence-electron chi connectivity index (χ1n) is 14.3. The predicted octanol–water partition coefficient (Wildman–Crippen LogP) is 8.25. The molecule has 2 heterocycles. The molecule has 1 fully saturated rings. The molecule has 1 saturated heterocycles. The van der Waals surface area contributed by atoms with Gasteiger partial charge < -0.3 is 13.7 Å². The first kappa shape index (κ1) is 26.5. The molecule has 4 nitrogen and oxygen atoms in total. The topological polar surface area (TPSA) is 48.7 Å². The fourth-order valence-corrected chi connectivity index (χ4v) is 5.58. The summed E-state index contributed by atoms with van der Waals surface area (Å²) >= 11 is 0. The van der Waals surface area contributed by atoms with Crippen molar-refractivity contribution in [3.8, 4) is 33.4 Å². The van der Waals surface area contributed by atoms with Crippen molar-refractivity contribution in [2.45, 2.75) is 38.9 Å². The van der Waals surface area contributed by atoms with Crippen molar-refractivity contribution in [2.24, 2.45) is 0 Å². The lowest BCUT2D eigenvalue weighted by Gasteiger charge is -2.32. The van der Waals surface area contributed by atoms with Crippen molar-refractivity contribution in [1.29, 1.82) is 0 Å². The molecule has 0 amide bonds. The van der Waals surface area contributed by atoms with Gasteiger partial charge in [-0.05, 0) is 109 Å². The molecule has 42 heavy (non-hydrogen) atoms. The highest BCUT2D eigenvalue weighted by atomic mass is 16.7. The minimum absolute atomic E-state index is 0.0170. The highest BCUT2D eigenvalue weighted by Crippen LogP contribution is 2.38. The van der Waals surface area contributed by atoms with Crippen LogP contribution in [0.2, 0.25) is 0 Å². The molecular formula is C37H31BO4. The van der Waals surface area contributed by atoms with E-state index in [1.807, 2.05) is 48.5 Å². The van der Waals surface area contributed by atoms with Crippen LogP contribution in [0.3, 0.4) is 0 Å². The van der Waals surface area contributed by atoms with E-state index >= 15 is 0 Å². The molecule has 0 N–H and O–H groups in total. The van der Waals surface area contributed by atoms with E-state index in [2.05, 4.69) is 94.4 Å². The van der Waals surface area contributed by atoms with E-state index in [-0.39, 0.29) is 5.43 Å². The van der Waals surface area contributed by atoms with E-state index in [0.717, 1.165) is 38.8 Å². The molecular weight excluding hydrogens is 519 g/mol. The number of hydrogen-bond acceptors (Lipinski definition) is 4. The maximum atomic E-state index is 13.2. The zero-order valence-electron chi connectivity index (χ0n) is 24.2. The van der Waals surface area contributed by atoms with Gasteiger partial charge in [-0.25, -0.2) is 0 Å². The highest BCUT2D eigenvalue weighted by Gasteiger charge is 2.51. The third kappa shape index (κ3) is 4.55. The molecule has 1 aromatic heterocycles. The van der Waals surface area contributed by atoms with Crippen molar-refractivity contribution in [3.63, 3.8) is 0 Å². The number of rotatable bonds is 4. The lowest BCUT2D eigenvalue weighted by atomic mass is 9.77. The summed E-state index contributed by atoms with van der Waals surface area (Å²) in [5.74, 6) is 0. The summed E-state index contributed by atoms with van der Waals surface area (Å²) in [5.41, 5.74) is 7.68.